The van der Waals surface area contributed by atoms with Crippen LogP contribution in [0.1, 0.15) is 31.8 Å². The van der Waals surface area contributed by atoms with Crippen molar-refractivity contribution in [3.63, 3.8) is 0 Å². The molecule has 14 rings (SSSR count). The van der Waals surface area contributed by atoms with Crippen LogP contribution >= 0.6 is 0 Å². The quantitative estimate of drug-likeness (QED) is 0.161. The molecule has 0 saturated carbocycles. The zero-order valence-corrected chi connectivity index (χ0v) is 38.3. The Morgan fingerprint density at radius 3 is 1.94 bits per heavy atom. The minimum absolute atomic E-state index is 0.104. The summed E-state index contributed by atoms with van der Waals surface area (Å²) in [6.45, 7) is 6.43. The number of para-hydroxylation sites is 3. The van der Waals surface area contributed by atoms with E-state index in [1.807, 2.05) is 12.1 Å². The van der Waals surface area contributed by atoms with Gasteiger partial charge in [0.2, 0.25) is 0 Å². The first-order valence-electron chi connectivity index (χ1n) is 25.6. The number of hydrogen-bond donors (Lipinski definition) is 0. The number of nitrogens with zero attached hydrogens (tertiary/aromatic N) is 2. The standard InChI is InChI=1S/C64H45BN2O2/c1-64(2,3)43-31-34-55(50(37-43)41-21-9-5-10-22-41)67-57-39-56-51(47-27-15-17-29-54(47)66(56)44-23-11-6-12-24-44)38-53(57)65-52-33-32-49-48-28-16-18-30-59(48)68-62(49)63(52)69-60-36-42(35-58(67)61(60)65)46-26-14-13-25-45(46)40-19-7-4-8-20-40/h4-39H,1-3H3/i16D,18D,28D,30D. The second kappa shape index (κ2) is 15.0. The van der Waals surface area contributed by atoms with Crippen molar-refractivity contribution >= 4 is 83.9 Å². The maximum atomic E-state index is 9.04. The van der Waals surface area contributed by atoms with Gasteiger partial charge in [-0.15, -0.1) is 0 Å². The van der Waals surface area contributed by atoms with E-state index in [0.717, 1.165) is 94.3 Å². The van der Waals surface area contributed by atoms with E-state index in [-0.39, 0.29) is 41.9 Å². The number of furan rings is 1. The molecule has 5 heteroatoms. The maximum absolute atomic E-state index is 9.04. The molecule has 0 unspecified atom stereocenters. The summed E-state index contributed by atoms with van der Waals surface area (Å²) in [5.74, 6) is 1.16. The number of fused-ring (bicyclic) bond motifs is 11. The van der Waals surface area contributed by atoms with Crippen molar-refractivity contribution in [3.05, 3.63) is 224 Å². The normalized spacial score (nSPS) is 13.7. The second-order valence-corrected chi connectivity index (χ2v) is 19.3. The number of hydrogen-bond acceptors (Lipinski definition) is 3. The van der Waals surface area contributed by atoms with Crippen LogP contribution in [0.4, 0.5) is 17.1 Å². The highest BCUT2D eigenvalue weighted by atomic mass is 16.5. The first kappa shape index (κ1) is 35.6. The van der Waals surface area contributed by atoms with Gasteiger partial charge >= 0.3 is 0 Å². The first-order valence-corrected chi connectivity index (χ1v) is 23.6. The van der Waals surface area contributed by atoms with Gasteiger partial charge in [-0.25, -0.2) is 0 Å². The molecule has 0 N–H and O–H groups in total. The maximum Gasteiger partial charge on any atom is 0.256 e. The third kappa shape index (κ3) is 6.03. The van der Waals surface area contributed by atoms with E-state index in [1.54, 1.807) is 0 Å². The highest BCUT2D eigenvalue weighted by Gasteiger charge is 2.44. The summed E-state index contributed by atoms with van der Waals surface area (Å²) in [7, 11) is 0. The fraction of sp³-hybridized carbons (Fsp3) is 0.0625. The third-order valence-electron chi connectivity index (χ3n) is 14.3. The number of benzene rings is 10. The Kier molecular flexibility index (Phi) is 7.74. The SMILES string of the molecule is [2H]c1c([2H])c([2H])c2c(oc3c4c(ccc32)B2c3cc5c6ccccc6n(-c6ccccc6)c5cc3N(c3ccc(C(C)(C)C)cc3-c3ccccc3)c3cc(-c5ccccc5-c5ccccc5)cc(c32)O4)c1[2H]. The van der Waals surface area contributed by atoms with E-state index in [1.165, 1.54) is 5.56 Å². The molecule has 12 aromatic rings. The summed E-state index contributed by atoms with van der Waals surface area (Å²) in [5, 5.41) is 3.16. The van der Waals surface area contributed by atoms with Crippen LogP contribution in [-0.2, 0) is 5.41 Å². The van der Waals surface area contributed by atoms with E-state index in [9.17, 15) is 0 Å². The van der Waals surface area contributed by atoms with Crippen molar-refractivity contribution in [2.24, 2.45) is 0 Å². The lowest BCUT2D eigenvalue weighted by Gasteiger charge is -2.41. The minimum atomic E-state index is -0.363. The highest BCUT2D eigenvalue weighted by Crippen LogP contribution is 2.50. The van der Waals surface area contributed by atoms with Gasteiger partial charge in [-0.1, -0.05) is 184 Å². The third-order valence-corrected chi connectivity index (χ3v) is 14.3. The van der Waals surface area contributed by atoms with Crippen LogP contribution in [-0.4, -0.2) is 11.3 Å². The van der Waals surface area contributed by atoms with Gasteiger partial charge in [0, 0.05) is 44.2 Å². The van der Waals surface area contributed by atoms with Crippen LogP contribution in [0, 0.1) is 0 Å². The Balaban J connectivity index is 1.15. The van der Waals surface area contributed by atoms with E-state index < -0.39 is 0 Å². The molecule has 0 fully saturated rings. The summed E-state index contributed by atoms with van der Waals surface area (Å²) in [5.41, 5.74) is 17.2. The lowest BCUT2D eigenvalue weighted by Crippen LogP contribution is -2.59. The predicted molar refractivity (Wildman–Crippen MR) is 289 cm³/mol. The number of aromatic nitrogens is 1. The molecule has 2 aliphatic heterocycles. The van der Waals surface area contributed by atoms with Crippen LogP contribution in [0.2, 0.25) is 0 Å². The van der Waals surface area contributed by atoms with Crippen LogP contribution in [0.5, 0.6) is 11.5 Å². The fourth-order valence-electron chi connectivity index (χ4n) is 11.1. The molecule has 0 aliphatic carbocycles. The summed E-state index contributed by atoms with van der Waals surface area (Å²) >= 11 is 0. The van der Waals surface area contributed by atoms with Crippen LogP contribution in [0.25, 0.3) is 82.8 Å². The molecule has 4 heterocycles. The van der Waals surface area contributed by atoms with Gasteiger partial charge in [-0.2, -0.15) is 0 Å². The van der Waals surface area contributed by atoms with Crippen molar-refractivity contribution in [3.8, 4) is 50.6 Å². The smallest absolute Gasteiger partial charge is 0.256 e. The Morgan fingerprint density at radius 1 is 0.493 bits per heavy atom. The van der Waals surface area contributed by atoms with Gasteiger partial charge in [-0.3, -0.25) is 0 Å². The molecular weight excluding hydrogens is 840 g/mol. The van der Waals surface area contributed by atoms with Crippen LogP contribution in [0.3, 0.4) is 0 Å². The largest absolute Gasteiger partial charge is 0.454 e. The van der Waals surface area contributed by atoms with Gasteiger partial charge in [-0.05, 0) is 110 Å². The first-order chi connectivity index (χ1) is 35.5. The lowest BCUT2D eigenvalue weighted by molar-refractivity contribution is 0.481. The molecule has 0 atom stereocenters. The van der Waals surface area contributed by atoms with Crippen molar-refractivity contribution in [2.75, 3.05) is 4.90 Å². The molecule has 0 saturated heterocycles. The monoisotopic (exact) mass is 888 g/mol. The molecular formula is C64H45BN2O2. The van der Waals surface area contributed by atoms with Gasteiger partial charge in [0.15, 0.2) is 11.3 Å². The minimum Gasteiger partial charge on any atom is -0.454 e. The molecule has 69 heavy (non-hydrogen) atoms. The fourth-order valence-corrected chi connectivity index (χ4v) is 11.1. The van der Waals surface area contributed by atoms with E-state index in [4.69, 9.17) is 14.6 Å². The van der Waals surface area contributed by atoms with E-state index in [2.05, 4.69) is 212 Å². The van der Waals surface area contributed by atoms with E-state index in [0.29, 0.717) is 27.9 Å². The van der Waals surface area contributed by atoms with Gasteiger partial charge in [0.05, 0.1) is 22.2 Å². The van der Waals surface area contributed by atoms with Gasteiger partial charge in [0.1, 0.15) is 11.3 Å². The van der Waals surface area contributed by atoms with Gasteiger partial charge in [0.25, 0.3) is 6.71 Å². The summed E-state index contributed by atoms with van der Waals surface area (Å²) < 4.78 is 51.6. The number of anilines is 3. The molecule has 2 aromatic heterocycles. The molecule has 0 radical (unpaired) electrons. The van der Waals surface area contributed by atoms with Gasteiger partial charge < -0.3 is 18.6 Å². The summed E-state index contributed by atoms with van der Waals surface area (Å²) in [6, 6.07) is 68.2. The highest BCUT2D eigenvalue weighted by molar-refractivity contribution is 6.99. The average Bonchev–Trinajstić information content (AvgIpc) is 3.98. The molecule has 0 amide bonds. The zero-order valence-electron chi connectivity index (χ0n) is 42.3. The van der Waals surface area contributed by atoms with Crippen LogP contribution in [0.15, 0.2) is 223 Å². The topological polar surface area (TPSA) is 30.5 Å². The van der Waals surface area contributed by atoms with Crippen molar-refractivity contribution in [2.45, 2.75) is 26.2 Å². The number of ether oxygens (including phenoxy) is 1. The lowest BCUT2D eigenvalue weighted by atomic mass is 9.34. The molecule has 326 valence electrons. The molecule has 2 aliphatic rings. The molecule has 0 spiro atoms. The molecule has 10 aromatic carbocycles. The molecule has 4 nitrogen and oxygen atoms in total. The molecule has 0 bridgehead atoms. The zero-order chi connectivity index (χ0) is 49.4. The number of rotatable bonds is 5. The van der Waals surface area contributed by atoms with E-state index >= 15 is 0 Å². The Hall–Kier alpha value is -8.54. The van der Waals surface area contributed by atoms with Crippen molar-refractivity contribution in [1.29, 1.82) is 0 Å². The summed E-state index contributed by atoms with van der Waals surface area (Å²) in [4.78, 5) is 2.47. The Labute approximate surface area is 407 Å². The van der Waals surface area contributed by atoms with Crippen molar-refractivity contribution < 1.29 is 14.6 Å². The average molecular weight is 889 g/mol. The predicted octanol–water partition coefficient (Wildman–Crippen LogP) is 15.4. The Morgan fingerprint density at radius 2 is 1.17 bits per heavy atom. The van der Waals surface area contributed by atoms with Crippen LogP contribution < -0.4 is 26.0 Å². The summed E-state index contributed by atoms with van der Waals surface area (Å²) in [6.07, 6.45) is 0. The second-order valence-electron chi connectivity index (χ2n) is 19.3. The van der Waals surface area contributed by atoms with Crippen molar-refractivity contribution in [1.82, 2.24) is 4.57 Å². The Bertz CT molecular complexity index is 4280.